The van der Waals surface area contributed by atoms with Crippen LogP contribution in [-0.4, -0.2) is 17.1 Å². The Kier molecular flexibility index (Phi) is 4.60. The van der Waals surface area contributed by atoms with Crippen LogP contribution in [0.5, 0.6) is 5.75 Å². The lowest BCUT2D eigenvalue weighted by Crippen LogP contribution is -2.39. The van der Waals surface area contributed by atoms with Gasteiger partial charge in [-0.05, 0) is 33.8 Å². The molecule has 0 saturated heterocycles. The van der Waals surface area contributed by atoms with E-state index >= 15 is 0 Å². The summed E-state index contributed by atoms with van der Waals surface area (Å²) in [5.74, 6) is -0.170. The lowest BCUT2D eigenvalue weighted by molar-refractivity contribution is -0.111. The number of nitrogen functional groups attached to an aromatic ring is 1. The predicted octanol–water partition coefficient (Wildman–Crippen LogP) is 3.47. The van der Waals surface area contributed by atoms with Gasteiger partial charge in [0.15, 0.2) is 5.75 Å². The SMILES string of the molecule is CC(C)N(Oc1cc(N)c(F)cc1Cl)C(C)C. The van der Waals surface area contributed by atoms with Crippen molar-refractivity contribution in [3.05, 3.63) is 23.0 Å². The molecule has 0 heterocycles. The van der Waals surface area contributed by atoms with Crippen LogP contribution in [0.4, 0.5) is 10.1 Å². The molecule has 96 valence electrons. The van der Waals surface area contributed by atoms with E-state index in [1.54, 1.807) is 5.06 Å². The molecule has 1 aromatic carbocycles. The van der Waals surface area contributed by atoms with Gasteiger partial charge in [-0.2, -0.15) is 0 Å². The molecule has 0 spiro atoms. The van der Waals surface area contributed by atoms with Crippen LogP contribution in [-0.2, 0) is 0 Å². The molecule has 0 unspecified atom stereocenters. The van der Waals surface area contributed by atoms with E-state index in [4.69, 9.17) is 22.2 Å². The molecule has 5 heteroatoms. The van der Waals surface area contributed by atoms with Gasteiger partial charge in [0, 0.05) is 18.2 Å². The van der Waals surface area contributed by atoms with Gasteiger partial charge in [-0.3, -0.25) is 0 Å². The topological polar surface area (TPSA) is 38.5 Å². The second-order valence-corrected chi connectivity index (χ2v) is 4.85. The molecule has 0 fully saturated rings. The third kappa shape index (κ3) is 3.48. The summed E-state index contributed by atoms with van der Waals surface area (Å²) < 4.78 is 13.1. The van der Waals surface area contributed by atoms with Gasteiger partial charge >= 0.3 is 0 Å². The van der Waals surface area contributed by atoms with E-state index in [0.717, 1.165) is 6.07 Å². The quantitative estimate of drug-likeness (QED) is 0.665. The van der Waals surface area contributed by atoms with E-state index in [1.807, 2.05) is 27.7 Å². The zero-order valence-electron chi connectivity index (χ0n) is 10.5. The molecule has 0 aliphatic heterocycles. The Morgan fingerprint density at radius 1 is 1.24 bits per heavy atom. The summed E-state index contributed by atoms with van der Waals surface area (Å²) in [6, 6.07) is 2.91. The molecule has 0 amide bonds. The fourth-order valence-corrected chi connectivity index (χ4v) is 1.72. The smallest absolute Gasteiger partial charge is 0.168 e. The molecule has 0 aliphatic carbocycles. The third-order valence-corrected chi connectivity index (χ3v) is 2.57. The first-order chi connectivity index (χ1) is 7.82. The minimum atomic E-state index is -0.539. The van der Waals surface area contributed by atoms with Crippen molar-refractivity contribution in [3.8, 4) is 5.75 Å². The molecule has 0 aliphatic rings. The highest BCUT2D eigenvalue weighted by Gasteiger charge is 2.18. The van der Waals surface area contributed by atoms with Crippen molar-refractivity contribution in [3.63, 3.8) is 0 Å². The molecule has 2 N–H and O–H groups in total. The summed E-state index contributed by atoms with van der Waals surface area (Å²) >= 11 is 5.91. The summed E-state index contributed by atoms with van der Waals surface area (Å²) in [7, 11) is 0. The molecule has 0 atom stereocenters. The average molecular weight is 261 g/mol. The highest BCUT2D eigenvalue weighted by molar-refractivity contribution is 6.32. The zero-order chi connectivity index (χ0) is 13.2. The van der Waals surface area contributed by atoms with E-state index in [1.165, 1.54) is 6.07 Å². The largest absolute Gasteiger partial charge is 0.404 e. The molecule has 0 bridgehead atoms. The fraction of sp³-hybridized carbons (Fsp3) is 0.500. The molecule has 0 radical (unpaired) electrons. The van der Waals surface area contributed by atoms with Gasteiger partial charge in [0.1, 0.15) is 5.82 Å². The molecule has 1 rings (SSSR count). The number of halogens is 2. The van der Waals surface area contributed by atoms with Crippen LogP contribution in [0.2, 0.25) is 5.02 Å². The summed E-state index contributed by atoms with van der Waals surface area (Å²) in [6.45, 7) is 8.00. The van der Waals surface area contributed by atoms with Crippen molar-refractivity contribution in [2.75, 3.05) is 5.73 Å². The molecular formula is C12H18ClFN2O. The van der Waals surface area contributed by atoms with Crippen LogP contribution < -0.4 is 10.6 Å². The Morgan fingerprint density at radius 3 is 2.24 bits per heavy atom. The van der Waals surface area contributed by atoms with Crippen LogP contribution >= 0.6 is 11.6 Å². The molecule has 0 aromatic heterocycles. The van der Waals surface area contributed by atoms with E-state index < -0.39 is 5.82 Å². The van der Waals surface area contributed by atoms with Crippen LogP contribution in [0, 0.1) is 5.82 Å². The third-order valence-electron chi connectivity index (χ3n) is 2.27. The maximum absolute atomic E-state index is 13.1. The first-order valence-corrected chi connectivity index (χ1v) is 5.91. The zero-order valence-corrected chi connectivity index (χ0v) is 11.3. The maximum atomic E-state index is 13.1. The number of nitrogens with two attached hydrogens (primary N) is 1. The van der Waals surface area contributed by atoms with Gasteiger partial charge in [0.25, 0.3) is 0 Å². The first-order valence-electron chi connectivity index (χ1n) is 5.53. The standard InChI is InChI=1S/C12H18ClFN2O/c1-7(2)16(8(3)4)17-12-6-11(15)10(14)5-9(12)13/h5-8H,15H2,1-4H3. The first kappa shape index (κ1) is 14.1. The van der Waals surface area contributed by atoms with E-state index in [-0.39, 0.29) is 22.8 Å². The molecule has 1 aromatic rings. The van der Waals surface area contributed by atoms with Crippen molar-refractivity contribution in [1.82, 2.24) is 5.06 Å². The fourth-order valence-electron chi connectivity index (χ4n) is 1.54. The number of hydroxylamine groups is 2. The molecular weight excluding hydrogens is 243 g/mol. The molecule has 0 saturated carbocycles. The summed E-state index contributed by atoms with van der Waals surface area (Å²) in [5.41, 5.74) is 5.51. The van der Waals surface area contributed by atoms with Gasteiger partial charge in [0.05, 0.1) is 10.7 Å². The Balaban J connectivity index is 2.97. The van der Waals surface area contributed by atoms with Gasteiger partial charge in [0.2, 0.25) is 0 Å². The lowest BCUT2D eigenvalue weighted by atomic mass is 10.3. The average Bonchev–Trinajstić information content (AvgIpc) is 2.20. The second-order valence-electron chi connectivity index (χ2n) is 4.44. The number of anilines is 1. The van der Waals surface area contributed by atoms with Gasteiger partial charge in [-0.1, -0.05) is 11.6 Å². The van der Waals surface area contributed by atoms with E-state index in [9.17, 15) is 4.39 Å². The normalized spacial score (nSPS) is 11.6. The second kappa shape index (κ2) is 5.56. The van der Waals surface area contributed by atoms with Crippen molar-refractivity contribution in [1.29, 1.82) is 0 Å². The highest BCUT2D eigenvalue weighted by atomic mass is 35.5. The molecule has 3 nitrogen and oxygen atoms in total. The number of benzene rings is 1. The van der Waals surface area contributed by atoms with Crippen molar-refractivity contribution in [2.45, 2.75) is 39.8 Å². The summed E-state index contributed by atoms with van der Waals surface area (Å²) in [4.78, 5) is 5.66. The molecule has 17 heavy (non-hydrogen) atoms. The number of hydrogen-bond donors (Lipinski definition) is 1. The van der Waals surface area contributed by atoms with Gasteiger partial charge in [-0.15, -0.1) is 5.06 Å². The highest BCUT2D eigenvalue weighted by Crippen LogP contribution is 2.30. The van der Waals surface area contributed by atoms with Crippen molar-refractivity contribution < 1.29 is 9.23 Å². The summed E-state index contributed by atoms with van der Waals surface area (Å²) in [6.07, 6.45) is 0. The van der Waals surface area contributed by atoms with Crippen molar-refractivity contribution >= 4 is 17.3 Å². The van der Waals surface area contributed by atoms with E-state index in [0.29, 0.717) is 5.75 Å². The Morgan fingerprint density at radius 2 is 1.76 bits per heavy atom. The predicted molar refractivity (Wildman–Crippen MR) is 68.6 cm³/mol. The Labute approximate surface area is 106 Å². The number of rotatable bonds is 4. The number of hydrogen-bond acceptors (Lipinski definition) is 3. The van der Waals surface area contributed by atoms with Gasteiger partial charge in [-0.25, -0.2) is 4.39 Å². The van der Waals surface area contributed by atoms with Crippen LogP contribution in [0.15, 0.2) is 12.1 Å². The minimum absolute atomic E-state index is 0.0249. The summed E-state index contributed by atoms with van der Waals surface area (Å²) in [5, 5.41) is 1.99. The minimum Gasteiger partial charge on any atom is -0.404 e. The maximum Gasteiger partial charge on any atom is 0.168 e. The number of nitrogens with zero attached hydrogens (tertiary/aromatic N) is 1. The monoisotopic (exact) mass is 260 g/mol. The Hall–Kier alpha value is -1.00. The van der Waals surface area contributed by atoms with Crippen LogP contribution in [0.3, 0.4) is 0 Å². The lowest BCUT2D eigenvalue weighted by Gasteiger charge is -2.30. The van der Waals surface area contributed by atoms with E-state index in [2.05, 4.69) is 0 Å². The Bertz CT molecular complexity index is 388. The van der Waals surface area contributed by atoms with Crippen LogP contribution in [0.1, 0.15) is 27.7 Å². The van der Waals surface area contributed by atoms with Gasteiger partial charge < -0.3 is 10.6 Å². The van der Waals surface area contributed by atoms with Crippen LogP contribution in [0.25, 0.3) is 0 Å². The van der Waals surface area contributed by atoms with Crippen molar-refractivity contribution in [2.24, 2.45) is 0 Å².